The maximum Gasteiger partial charge on any atom is 0.271 e. The van der Waals surface area contributed by atoms with Crippen LogP contribution in [-0.4, -0.2) is 23.0 Å². The van der Waals surface area contributed by atoms with Crippen molar-refractivity contribution in [3.05, 3.63) is 53.1 Å². The molecule has 0 atom stereocenters. The lowest BCUT2D eigenvalue weighted by atomic mass is 10.2. The highest BCUT2D eigenvalue weighted by atomic mass is 35.5. The smallest absolute Gasteiger partial charge is 0.271 e. The third-order valence-electron chi connectivity index (χ3n) is 2.48. The Morgan fingerprint density at radius 1 is 1.42 bits per heavy atom. The number of amides is 1. The first kappa shape index (κ1) is 13.3. The van der Waals surface area contributed by atoms with Crippen molar-refractivity contribution in [1.82, 2.24) is 15.3 Å². The molecule has 0 saturated heterocycles. The number of benzene rings is 1. The maximum atomic E-state index is 11.8. The molecule has 0 bridgehead atoms. The number of nitrogens with one attached hydrogen (secondary N) is 1. The van der Waals surface area contributed by atoms with Gasteiger partial charge in [-0.25, -0.2) is 4.98 Å². The quantitative estimate of drug-likeness (QED) is 0.929. The molecule has 2 aromatic rings. The molecule has 0 aliphatic carbocycles. The summed E-state index contributed by atoms with van der Waals surface area (Å²) in [5.41, 5.74) is 1.07. The van der Waals surface area contributed by atoms with Crippen LogP contribution in [0.5, 0.6) is 5.75 Å². The molecule has 5 nitrogen and oxygen atoms in total. The molecule has 1 N–H and O–H groups in total. The van der Waals surface area contributed by atoms with Gasteiger partial charge in [0.1, 0.15) is 11.4 Å². The third kappa shape index (κ3) is 3.42. The molecular formula is C13H12ClN3O2. The van der Waals surface area contributed by atoms with Crippen molar-refractivity contribution in [2.75, 3.05) is 7.11 Å². The number of ether oxygens (including phenoxy) is 1. The van der Waals surface area contributed by atoms with Crippen LogP contribution in [-0.2, 0) is 6.54 Å². The summed E-state index contributed by atoms with van der Waals surface area (Å²) in [6.07, 6.45) is 4.39. The summed E-state index contributed by atoms with van der Waals surface area (Å²) < 4.78 is 5.20. The normalized spacial score (nSPS) is 10.0. The monoisotopic (exact) mass is 277 g/mol. The van der Waals surface area contributed by atoms with Crippen LogP contribution in [0.4, 0.5) is 0 Å². The van der Waals surface area contributed by atoms with Crippen LogP contribution in [0.15, 0.2) is 36.8 Å². The number of halogens is 1. The number of methoxy groups -OCH3 is 1. The van der Waals surface area contributed by atoms with Crippen LogP contribution in [0, 0.1) is 0 Å². The Bertz CT molecular complexity index is 575. The van der Waals surface area contributed by atoms with Crippen molar-refractivity contribution in [3.63, 3.8) is 0 Å². The fourth-order valence-corrected chi connectivity index (χ4v) is 1.76. The van der Waals surface area contributed by atoms with Crippen molar-refractivity contribution < 1.29 is 9.53 Å². The molecule has 0 aliphatic heterocycles. The van der Waals surface area contributed by atoms with Crippen molar-refractivity contribution in [2.24, 2.45) is 0 Å². The highest BCUT2D eigenvalue weighted by Crippen LogP contribution is 2.22. The van der Waals surface area contributed by atoms with E-state index in [1.54, 1.807) is 25.3 Å². The minimum atomic E-state index is -0.296. The van der Waals surface area contributed by atoms with Gasteiger partial charge in [-0.3, -0.25) is 9.78 Å². The van der Waals surface area contributed by atoms with E-state index >= 15 is 0 Å². The lowest BCUT2D eigenvalue weighted by Crippen LogP contribution is -2.24. The molecule has 2 rings (SSSR count). The van der Waals surface area contributed by atoms with Gasteiger partial charge in [-0.15, -0.1) is 0 Å². The summed E-state index contributed by atoms with van der Waals surface area (Å²) in [4.78, 5) is 19.6. The van der Waals surface area contributed by atoms with Gasteiger partial charge in [-0.2, -0.15) is 0 Å². The van der Waals surface area contributed by atoms with Gasteiger partial charge >= 0.3 is 0 Å². The Balaban J connectivity index is 2.07. The van der Waals surface area contributed by atoms with Gasteiger partial charge in [-0.05, 0) is 18.2 Å². The van der Waals surface area contributed by atoms with Gasteiger partial charge in [0.2, 0.25) is 0 Å². The summed E-state index contributed by atoms with van der Waals surface area (Å²) in [5.74, 6) is 0.374. The molecule has 98 valence electrons. The van der Waals surface area contributed by atoms with E-state index in [2.05, 4.69) is 15.3 Å². The number of nitrogens with zero attached hydrogens (tertiary/aromatic N) is 2. The summed E-state index contributed by atoms with van der Waals surface area (Å²) in [7, 11) is 1.57. The number of hydrogen-bond acceptors (Lipinski definition) is 4. The van der Waals surface area contributed by atoms with E-state index < -0.39 is 0 Å². The lowest BCUT2D eigenvalue weighted by molar-refractivity contribution is 0.0945. The fraction of sp³-hybridized carbons (Fsp3) is 0.154. The zero-order valence-corrected chi connectivity index (χ0v) is 11.0. The Hall–Kier alpha value is -2.14. The summed E-state index contributed by atoms with van der Waals surface area (Å²) in [6.45, 7) is 0.305. The molecule has 0 saturated carbocycles. The van der Waals surface area contributed by atoms with E-state index in [4.69, 9.17) is 16.3 Å². The number of hydrogen-bond donors (Lipinski definition) is 1. The summed E-state index contributed by atoms with van der Waals surface area (Å²) in [6, 6.07) is 5.23. The second-order valence-corrected chi connectivity index (χ2v) is 4.17. The van der Waals surface area contributed by atoms with Gasteiger partial charge in [0.25, 0.3) is 5.91 Å². The number of aromatic nitrogens is 2. The highest BCUT2D eigenvalue weighted by Gasteiger charge is 2.09. The Morgan fingerprint density at radius 2 is 2.26 bits per heavy atom. The molecule has 19 heavy (non-hydrogen) atoms. The molecule has 1 amide bonds. The third-order valence-corrected chi connectivity index (χ3v) is 2.71. The van der Waals surface area contributed by atoms with Crippen molar-refractivity contribution in [2.45, 2.75) is 6.54 Å². The molecular weight excluding hydrogens is 266 g/mol. The number of rotatable bonds is 4. The molecule has 0 radical (unpaired) electrons. The van der Waals surface area contributed by atoms with E-state index in [9.17, 15) is 4.79 Å². The zero-order chi connectivity index (χ0) is 13.7. The first-order chi connectivity index (χ1) is 9.20. The van der Waals surface area contributed by atoms with Gasteiger partial charge in [-0.1, -0.05) is 11.6 Å². The first-order valence-electron chi connectivity index (χ1n) is 5.57. The summed E-state index contributed by atoms with van der Waals surface area (Å²) >= 11 is 5.92. The Labute approximate surface area is 115 Å². The lowest BCUT2D eigenvalue weighted by Gasteiger charge is -2.09. The average Bonchev–Trinajstić information content (AvgIpc) is 2.46. The summed E-state index contributed by atoms with van der Waals surface area (Å²) in [5, 5.41) is 3.32. The molecule has 1 aromatic heterocycles. The van der Waals surface area contributed by atoms with Gasteiger partial charge < -0.3 is 10.1 Å². The Kier molecular flexibility index (Phi) is 4.30. The minimum Gasteiger partial charge on any atom is -0.496 e. The number of carbonyl (C=O) groups is 1. The SMILES string of the molecule is COc1ccc(Cl)cc1CNC(=O)c1cnccn1. The van der Waals surface area contributed by atoms with Crippen LogP contribution in [0.3, 0.4) is 0 Å². The second kappa shape index (κ2) is 6.15. The average molecular weight is 278 g/mol. The standard InChI is InChI=1S/C13H12ClN3O2/c1-19-12-3-2-10(14)6-9(12)7-17-13(18)11-8-15-4-5-16-11/h2-6,8H,7H2,1H3,(H,17,18). The van der Waals surface area contributed by atoms with E-state index in [-0.39, 0.29) is 11.6 Å². The predicted octanol–water partition coefficient (Wildman–Crippen LogP) is 2.07. The molecule has 0 fully saturated rings. The number of carbonyl (C=O) groups excluding carboxylic acids is 1. The largest absolute Gasteiger partial charge is 0.496 e. The van der Waals surface area contributed by atoms with Crippen LogP contribution < -0.4 is 10.1 Å². The van der Waals surface area contributed by atoms with Crippen molar-refractivity contribution in [1.29, 1.82) is 0 Å². The molecule has 6 heteroatoms. The topological polar surface area (TPSA) is 64.1 Å². The molecule has 0 aliphatic rings. The van der Waals surface area contributed by atoms with Crippen LogP contribution in [0.1, 0.15) is 16.1 Å². The molecule has 1 aromatic carbocycles. The highest BCUT2D eigenvalue weighted by molar-refractivity contribution is 6.30. The van der Waals surface area contributed by atoms with Crippen LogP contribution in [0.2, 0.25) is 5.02 Å². The molecule has 1 heterocycles. The van der Waals surface area contributed by atoms with Crippen LogP contribution in [0.25, 0.3) is 0 Å². The van der Waals surface area contributed by atoms with E-state index in [1.165, 1.54) is 18.6 Å². The van der Waals surface area contributed by atoms with E-state index in [1.807, 2.05) is 0 Å². The minimum absolute atomic E-state index is 0.267. The van der Waals surface area contributed by atoms with Crippen molar-refractivity contribution >= 4 is 17.5 Å². The van der Waals surface area contributed by atoms with Crippen molar-refractivity contribution in [3.8, 4) is 5.75 Å². The second-order valence-electron chi connectivity index (χ2n) is 3.73. The van der Waals surface area contributed by atoms with E-state index in [0.29, 0.717) is 17.3 Å². The first-order valence-corrected chi connectivity index (χ1v) is 5.95. The van der Waals surface area contributed by atoms with Gasteiger partial charge in [0.05, 0.1) is 13.3 Å². The van der Waals surface area contributed by atoms with Crippen LogP contribution >= 0.6 is 11.6 Å². The maximum absolute atomic E-state index is 11.8. The predicted molar refractivity (Wildman–Crippen MR) is 71.2 cm³/mol. The van der Waals surface area contributed by atoms with E-state index in [0.717, 1.165) is 5.56 Å². The van der Waals surface area contributed by atoms with Gasteiger partial charge in [0.15, 0.2) is 0 Å². The zero-order valence-electron chi connectivity index (χ0n) is 10.3. The fourth-order valence-electron chi connectivity index (χ4n) is 1.57. The molecule has 0 unspecified atom stereocenters. The molecule has 0 spiro atoms. The Morgan fingerprint density at radius 3 is 2.95 bits per heavy atom. The van der Waals surface area contributed by atoms with Gasteiger partial charge in [0, 0.05) is 29.5 Å².